The maximum atomic E-state index is 13.0. The number of sulfonamides is 2. The van der Waals surface area contributed by atoms with Gasteiger partial charge in [-0.2, -0.15) is 8.61 Å². The Morgan fingerprint density at radius 1 is 0.926 bits per heavy atom. The van der Waals surface area contributed by atoms with Gasteiger partial charge in [-0.05, 0) is 23.6 Å². The van der Waals surface area contributed by atoms with E-state index in [1.54, 1.807) is 17.5 Å². The van der Waals surface area contributed by atoms with E-state index >= 15 is 0 Å². The minimum Gasteiger partial charge on any atom is -0.465 e. The van der Waals surface area contributed by atoms with E-state index < -0.39 is 26.0 Å². The van der Waals surface area contributed by atoms with E-state index in [0.29, 0.717) is 0 Å². The molecule has 0 radical (unpaired) electrons. The monoisotopic (exact) mass is 430 g/mol. The summed E-state index contributed by atoms with van der Waals surface area (Å²) >= 11 is 1.12. The zero-order valence-electron chi connectivity index (χ0n) is 14.4. The number of methoxy groups -OCH3 is 1. The fraction of sp³-hybridized carbons (Fsp3) is 0.312. The molecule has 1 aromatic carbocycles. The molecule has 146 valence electrons. The van der Waals surface area contributed by atoms with Gasteiger partial charge >= 0.3 is 5.97 Å². The number of nitrogens with zero attached hydrogens (tertiary/aromatic N) is 2. The van der Waals surface area contributed by atoms with Gasteiger partial charge in [0.2, 0.25) is 10.0 Å². The summed E-state index contributed by atoms with van der Waals surface area (Å²) in [7, 11) is -6.40. The van der Waals surface area contributed by atoms with E-state index in [9.17, 15) is 21.6 Å². The average molecular weight is 431 g/mol. The topological polar surface area (TPSA) is 101 Å². The molecule has 0 bridgehead atoms. The van der Waals surface area contributed by atoms with Crippen molar-refractivity contribution in [3.05, 3.63) is 47.3 Å². The van der Waals surface area contributed by atoms with E-state index in [1.165, 1.54) is 40.0 Å². The molecule has 2 aromatic rings. The van der Waals surface area contributed by atoms with Gasteiger partial charge in [-0.15, -0.1) is 11.3 Å². The summed E-state index contributed by atoms with van der Waals surface area (Å²) in [5, 5.41) is 1.68. The van der Waals surface area contributed by atoms with E-state index in [-0.39, 0.29) is 40.8 Å². The molecular weight excluding hydrogens is 412 g/mol. The van der Waals surface area contributed by atoms with Gasteiger partial charge in [-0.3, -0.25) is 0 Å². The summed E-state index contributed by atoms with van der Waals surface area (Å²) in [6, 6.07) is 8.98. The number of ether oxygens (including phenoxy) is 1. The molecule has 0 atom stereocenters. The zero-order chi connectivity index (χ0) is 19.7. The first-order valence-electron chi connectivity index (χ1n) is 7.99. The molecule has 27 heavy (non-hydrogen) atoms. The molecule has 1 saturated heterocycles. The second kappa shape index (κ2) is 7.68. The first-order valence-corrected chi connectivity index (χ1v) is 11.8. The number of benzene rings is 1. The van der Waals surface area contributed by atoms with Crippen molar-refractivity contribution in [3.63, 3.8) is 0 Å². The van der Waals surface area contributed by atoms with E-state index in [0.717, 1.165) is 11.3 Å². The maximum Gasteiger partial charge on any atom is 0.339 e. The SMILES string of the molecule is COC(=O)c1ccccc1S(=O)(=O)N1CCN(S(=O)(=O)c2cccs2)CC1. The van der Waals surface area contributed by atoms with Crippen LogP contribution in [0.2, 0.25) is 0 Å². The average Bonchev–Trinajstić information content (AvgIpc) is 3.23. The summed E-state index contributed by atoms with van der Waals surface area (Å²) < 4.78 is 58.4. The number of carbonyl (C=O) groups excluding carboxylic acids is 1. The van der Waals surface area contributed by atoms with E-state index in [1.807, 2.05) is 0 Å². The second-order valence-corrected chi connectivity index (χ2v) is 10.7. The van der Waals surface area contributed by atoms with Crippen molar-refractivity contribution in [1.29, 1.82) is 0 Å². The number of rotatable bonds is 5. The summed E-state index contributed by atoms with van der Waals surface area (Å²) in [5.41, 5.74) is -0.0476. The second-order valence-electron chi connectivity index (χ2n) is 5.73. The lowest BCUT2D eigenvalue weighted by Gasteiger charge is -2.33. The molecule has 0 N–H and O–H groups in total. The maximum absolute atomic E-state index is 13.0. The third kappa shape index (κ3) is 3.78. The Morgan fingerprint density at radius 2 is 1.52 bits per heavy atom. The van der Waals surface area contributed by atoms with Gasteiger partial charge in [0.15, 0.2) is 0 Å². The van der Waals surface area contributed by atoms with Crippen LogP contribution in [0.4, 0.5) is 0 Å². The third-order valence-electron chi connectivity index (χ3n) is 4.20. The third-order valence-corrected chi connectivity index (χ3v) is 9.43. The predicted octanol–water partition coefficient (Wildman–Crippen LogP) is 1.23. The highest BCUT2D eigenvalue weighted by molar-refractivity contribution is 7.91. The quantitative estimate of drug-likeness (QED) is 0.662. The highest BCUT2D eigenvalue weighted by atomic mass is 32.2. The van der Waals surface area contributed by atoms with Crippen LogP contribution < -0.4 is 0 Å². The molecule has 11 heteroatoms. The van der Waals surface area contributed by atoms with Crippen molar-refractivity contribution in [2.75, 3.05) is 33.3 Å². The number of thiophene rings is 1. The number of esters is 1. The molecule has 1 fully saturated rings. The van der Waals surface area contributed by atoms with Crippen LogP contribution in [0.1, 0.15) is 10.4 Å². The first-order chi connectivity index (χ1) is 12.8. The molecule has 0 amide bonds. The molecule has 8 nitrogen and oxygen atoms in total. The Morgan fingerprint density at radius 3 is 2.07 bits per heavy atom. The Kier molecular flexibility index (Phi) is 5.68. The summed E-state index contributed by atoms with van der Waals surface area (Å²) in [5.74, 6) is -0.743. The molecule has 0 unspecified atom stereocenters. The van der Waals surface area contributed by atoms with Crippen LogP contribution in [-0.2, 0) is 24.8 Å². The number of hydrogen-bond acceptors (Lipinski definition) is 7. The van der Waals surface area contributed by atoms with E-state index in [4.69, 9.17) is 0 Å². The molecule has 2 heterocycles. The number of piperazine rings is 1. The standard InChI is InChI=1S/C16H18N2O6S3/c1-24-16(19)13-5-2-3-6-14(13)26(20,21)17-8-10-18(11-9-17)27(22,23)15-7-4-12-25-15/h2-7,12H,8-11H2,1H3. The lowest BCUT2D eigenvalue weighted by atomic mass is 10.2. The van der Waals surface area contributed by atoms with Crippen molar-refractivity contribution in [3.8, 4) is 0 Å². The lowest BCUT2D eigenvalue weighted by molar-refractivity contribution is 0.0596. The molecule has 1 aromatic heterocycles. The van der Waals surface area contributed by atoms with Gasteiger partial charge < -0.3 is 4.74 Å². The van der Waals surface area contributed by atoms with Crippen LogP contribution in [0, 0.1) is 0 Å². The van der Waals surface area contributed by atoms with Gasteiger partial charge in [-0.25, -0.2) is 21.6 Å². The number of carbonyl (C=O) groups is 1. The summed E-state index contributed by atoms with van der Waals surface area (Å²) in [6.45, 7) is 0.0879. The van der Waals surface area contributed by atoms with Crippen molar-refractivity contribution >= 4 is 37.4 Å². The Bertz CT molecular complexity index is 1020. The molecule has 0 spiro atoms. The minimum absolute atomic E-state index is 0.00243. The zero-order valence-corrected chi connectivity index (χ0v) is 16.9. The summed E-state index contributed by atoms with van der Waals surface area (Å²) in [4.78, 5) is 11.7. The predicted molar refractivity (Wildman–Crippen MR) is 99.6 cm³/mol. The van der Waals surface area contributed by atoms with Gasteiger partial charge in [-0.1, -0.05) is 18.2 Å². The molecular formula is C16H18N2O6S3. The van der Waals surface area contributed by atoms with Gasteiger partial charge in [0.05, 0.1) is 17.6 Å². The van der Waals surface area contributed by atoms with Crippen LogP contribution in [0.25, 0.3) is 0 Å². The van der Waals surface area contributed by atoms with Crippen molar-refractivity contribution in [2.45, 2.75) is 9.10 Å². The van der Waals surface area contributed by atoms with Crippen LogP contribution in [-0.4, -0.2) is 64.7 Å². The van der Waals surface area contributed by atoms with Gasteiger partial charge in [0.25, 0.3) is 10.0 Å². The van der Waals surface area contributed by atoms with Crippen LogP contribution in [0.15, 0.2) is 50.9 Å². The largest absolute Gasteiger partial charge is 0.465 e. The van der Waals surface area contributed by atoms with Crippen LogP contribution in [0.3, 0.4) is 0 Å². The minimum atomic E-state index is -3.96. The molecule has 3 rings (SSSR count). The van der Waals surface area contributed by atoms with Crippen molar-refractivity contribution in [2.24, 2.45) is 0 Å². The lowest BCUT2D eigenvalue weighted by Crippen LogP contribution is -2.50. The highest BCUT2D eigenvalue weighted by Crippen LogP contribution is 2.25. The summed E-state index contributed by atoms with van der Waals surface area (Å²) in [6.07, 6.45) is 0. The van der Waals surface area contributed by atoms with Gasteiger partial charge in [0.1, 0.15) is 4.21 Å². The normalized spacial score (nSPS) is 16.9. The van der Waals surface area contributed by atoms with Crippen LogP contribution in [0.5, 0.6) is 0 Å². The van der Waals surface area contributed by atoms with E-state index in [2.05, 4.69) is 4.74 Å². The van der Waals surface area contributed by atoms with Crippen LogP contribution >= 0.6 is 11.3 Å². The van der Waals surface area contributed by atoms with Crippen molar-refractivity contribution in [1.82, 2.24) is 8.61 Å². The molecule has 1 aliphatic rings. The van der Waals surface area contributed by atoms with Crippen molar-refractivity contribution < 1.29 is 26.4 Å². The smallest absolute Gasteiger partial charge is 0.339 e. The Hall–Kier alpha value is -1.79. The number of hydrogen-bond donors (Lipinski definition) is 0. The van der Waals surface area contributed by atoms with Gasteiger partial charge in [0, 0.05) is 26.2 Å². The Labute approximate surface area is 162 Å². The Balaban J connectivity index is 1.81. The highest BCUT2D eigenvalue weighted by Gasteiger charge is 2.35. The fourth-order valence-corrected chi connectivity index (χ4v) is 6.97. The molecule has 0 saturated carbocycles. The first kappa shape index (κ1) is 20.0. The fourth-order valence-electron chi connectivity index (χ4n) is 2.80. The molecule has 0 aliphatic carbocycles. The molecule has 1 aliphatic heterocycles.